The summed E-state index contributed by atoms with van der Waals surface area (Å²) < 4.78 is 1.13. The number of nitrogens with one attached hydrogen (secondary N) is 1. The maximum atomic E-state index is 9.54. The van der Waals surface area contributed by atoms with Gasteiger partial charge in [0.2, 0.25) is 0 Å². The maximum Gasteiger partial charge on any atom is 0.0662 e. The molecule has 2 nitrogen and oxygen atoms in total. The summed E-state index contributed by atoms with van der Waals surface area (Å²) in [6, 6.07) is 6.55. The summed E-state index contributed by atoms with van der Waals surface area (Å²) in [6.07, 6.45) is 1.61. The summed E-state index contributed by atoms with van der Waals surface area (Å²) in [7, 11) is 0. The number of aliphatic hydroxyl groups excluding tert-OH is 1. The molecule has 0 spiro atoms. The van der Waals surface area contributed by atoms with Crippen molar-refractivity contribution in [2.45, 2.75) is 53.2 Å². The summed E-state index contributed by atoms with van der Waals surface area (Å²) in [5, 5.41) is 12.8. The molecule has 108 valence electrons. The van der Waals surface area contributed by atoms with Gasteiger partial charge in [0.05, 0.1) is 6.10 Å². The molecule has 0 saturated carbocycles. The number of hydrogen-bond acceptors (Lipinski definition) is 2. The van der Waals surface area contributed by atoms with Crippen LogP contribution < -0.4 is 5.32 Å². The number of aliphatic hydroxyl groups is 1. The predicted octanol–water partition coefficient (Wildman–Crippen LogP) is 3.90. The van der Waals surface area contributed by atoms with Gasteiger partial charge in [-0.15, -0.1) is 0 Å². The van der Waals surface area contributed by atoms with Gasteiger partial charge in [0, 0.05) is 17.6 Å². The van der Waals surface area contributed by atoms with E-state index < -0.39 is 0 Å². The molecule has 0 saturated heterocycles. The van der Waals surface area contributed by atoms with Crippen molar-refractivity contribution in [1.82, 2.24) is 5.32 Å². The lowest BCUT2D eigenvalue weighted by atomic mass is 9.88. The summed E-state index contributed by atoms with van der Waals surface area (Å²) in [5.74, 6) is 0. The molecule has 1 unspecified atom stereocenters. The molecule has 3 heteroatoms. The van der Waals surface area contributed by atoms with Crippen molar-refractivity contribution < 1.29 is 5.11 Å². The number of halogens is 1. The Labute approximate surface area is 125 Å². The van der Waals surface area contributed by atoms with Crippen LogP contribution in [-0.4, -0.2) is 17.8 Å². The molecule has 19 heavy (non-hydrogen) atoms. The molecule has 0 fully saturated rings. The Bertz CT molecular complexity index is 398. The standard InChI is InChI=1S/C16H26BrNO/c1-5-14(19)11-18-10-13-8-12(6-7-15(13)17)9-16(2,3)4/h6-8,14,18-19H,5,9-11H2,1-4H3. The molecule has 2 N–H and O–H groups in total. The zero-order valence-electron chi connectivity index (χ0n) is 12.5. The van der Waals surface area contributed by atoms with Crippen LogP contribution in [0.1, 0.15) is 45.2 Å². The van der Waals surface area contributed by atoms with Gasteiger partial charge in [-0.1, -0.05) is 55.8 Å². The molecule has 1 rings (SSSR count). The fraction of sp³-hybridized carbons (Fsp3) is 0.625. The first-order valence-electron chi connectivity index (χ1n) is 6.98. The van der Waals surface area contributed by atoms with Crippen LogP contribution in [0.4, 0.5) is 0 Å². The second-order valence-corrected chi connectivity index (χ2v) is 7.21. The largest absolute Gasteiger partial charge is 0.392 e. The lowest BCUT2D eigenvalue weighted by molar-refractivity contribution is 0.167. The maximum absolute atomic E-state index is 9.54. The molecular weight excluding hydrogens is 302 g/mol. The van der Waals surface area contributed by atoms with Crippen LogP contribution in [0, 0.1) is 5.41 Å². The molecule has 0 radical (unpaired) electrons. The molecule has 0 aliphatic carbocycles. The monoisotopic (exact) mass is 327 g/mol. The Balaban J connectivity index is 2.64. The van der Waals surface area contributed by atoms with Gasteiger partial charge in [0.25, 0.3) is 0 Å². The van der Waals surface area contributed by atoms with Crippen LogP contribution in [0.5, 0.6) is 0 Å². The Hall–Kier alpha value is -0.380. The molecule has 0 amide bonds. The van der Waals surface area contributed by atoms with Crippen LogP contribution in [0.2, 0.25) is 0 Å². The molecule has 0 aliphatic rings. The third-order valence-corrected chi connectivity index (χ3v) is 3.78. The van der Waals surface area contributed by atoms with Gasteiger partial charge in [-0.2, -0.15) is 0 Å². The van der Waals surface area contributed by atoms with Gasteiger partial charge >= 0.3 is 0 Å². The third-order valence-electron chi connectivity index (χ3n) is 3.01. The van der Waals surface area contributed by atoms with Crippen molar-refractivity contribution in [2.75, 3.05) is 6.54 Å². The van der Waals surface area contributed by atoms with E-state index in [2.05, 4.69) is 60.2 Å². The summed E-state index contributed by atoms with van der Waals surface area (Å²) in [6.45, 7) is 10.2. The van der Waals surface area contributed by atoms with E-state index in [1.807, 2.05) is 6.92 Å². The van der Waals surface area contributed by atoms with E-state index in [1.165, 1.54) is 11.1 Å². The van der Waals surface area contributed by atoms with Gasteiger partial charge in [-0.3, -0.25) is 0 Å². The van der Waals surface area contributed by atoms with Crippen molar-refractivity contribution in [3.05, 3.63) is 33.8 Å². The highest BCUT2D eigenvalue weighted by Gasteiger charge is 2.12. The van der Waals surface area contributed by atoms with Crippen LogP contribution >= 0.6 is 15.9 Å². The molecule has 0 bridgehead atoms. The second kappa shape index (κ2) is 7.41. The van der Waals surface area contributed by atoms with Gasteiger partial charge in [0.15, 0.2) is 0 Å². The summed E-state index contributed by atoms with van der Waals surface area (Å²) in [5.41, 5.74) is 2.92. The van der Waals surface area contributed by atoms with Gasteiger partial charge in [0.1, 0.15) is 0 Å². The minimum atomic E-state index is -0.253. The molecule has 0 aromatic heterocycles. The Kier molecular flexibility index (Phi) is 6.51. The van der Waals surface area contributed by atoms with E-state index in [4.69, 9.17) is 0 Å². The first kappa shape index (κ1) is 16.7. The van der Waals surface area contributed by atoms with E-state index >= 15 is 0 Å². The lowest BCUT2D eigenvalue weighted by Crippen LogP contribution is -2.25. The smallest absolute Gasteiger partial charge is 0.0662 e. The average Bonchev–Trinajstić information content (AvgIpc) is 2.31. The highest BCUT2D eigenvalue weighted by Crippen LogP contribution is 2.24. The van der Waals surface area contributed by atoms with Crippen molar-refractivity contribution in [2.24, 2.45) is 5.41 Å². The highest BCUT2D eigenvalue weighted by molar-refractivity contribution is 9.10. The average molecular weight is 328 g/mol. The Morgan fingerprint density at radius 3 is 2.58 bits per heavy atom. The minimum Gasteiger partial charge on any atom is -0.392 e. The second-order valence-electron chi connectivity index (χ2n) is 6.36. The van der Waals surface area contributed by atoms with E-state index in [-0.39, 0.29) is 6.10 Å². The first-order valence-corrected chi connectivity index (χ1v) is 7.77. The molecular formula is C16H26BrNO. The third kappa shape index (κ3) is 6.55. The summed E-state index contributed by atoms with van der Waals surface area (Å²) in [4.78, 5) is 0. The predicted molar refractivity (Wildman–Crippen MR) is 85.3 cm³/mol. The Morgan fingerprint density at radius 2 is 2.00 bits per heavy atom. The first-order chi connectivity index (χ1) is 8.81. The minimum absolute atomic E-state index is 0.253. The zero-order chi connectivity index (χ0) is 14.5. The van der Waals surface area contributed by atoms with Crippen LogP contribution in [-0.2, 0) is 13.0 Å². The highest BCUT2D eigenvalue weighted by atomic mass is 79.9. The zero-order valence-corrected chi connectivity index (χ0v) is 14.0. The Morgan fingerprint density at radius 1 is 1.32 bits per heavy atom. The van der Waals surface area contributed by atoms with Crippen molar-refractivity contribution in [3.8, 4) is 0 Å². The van der Waals surface area contributed by atoms with Crippen LogP contribution in [0.3, 0.4) is 0 Å². The van der Waals surface area contributed by atoms with Crippen molar-refractivity contribution in [1.29, 1.82) is 0 Å². The summed E-state index contributed by atoms with van der Waals surface area (Å²) >= 11 is 3.59. The van der Waals surface area contributed by atoms with E-state index in [9.17, 15) is 5.11 Å². The van der Waals surface area contributed by atoms with Gasteiger partial charge < -0.3 is 10.4 Å². The van der Waals surface area contributed by atoms with Crippen LogP contribution in [0.25, 0.3) is 0 Å². The van der Waals surface area contributed by atoms with E-state index in [0.717, 1.165) is 23.9 Å². The molecule has 1 aromatic rings. The number of hydrogen-bond donors (Lipinski definition) is 2. The quantitative estimate of drug-likeness (QED) is 0.830. The lowest BCUT2D eigenvalue weighted by Gasteiger charge is -2.19. The molecule has 0 aliphatic heterocycles. The van der Waals surface area contributed by atoms with Crippen molar-refractivity contribution in [3.63, 3.8) is 0 Å². The topological polar surface area (TPSA) is 32.3 Å². The van der Waals surface area contributed by atoms with E-state index in [1.54, 1.807) is 0 Å². The number of benzene rings is 1. The molecule has 0 heterocycles. The van der Waals surface area contributed by atoms with Crippen molar-refractivity contribution >= 4 is 15.9 Å². The molecule has 1 aromatic carbocycles. The fourth-order valence-electron chi connectivity index (χ4n) is 2.00. The van der Waals surface area contributed by atoms with Gasteiger partial charge in [-0.25, -0.2) is 0 Å². The number of rotatable bonds is 6. The van der Waals surface area contributed by atoms with Crippen LogP contribution in [0.15, 0.2) is 22.7 Å². The normalized spacial score (nSPS) is 13.6. The van der Waals surface area contributed by atoms with E-state index in [0.29, 0.717) is 12.0 Å². The molecule has 1 atom stereocenters. The SMILES string of the molecule is CCC(O)CNCc1cc(CC(C)(C)C)ccc1Br. The van der Waals surface area contributed by atoms with Gasteiger partial charge in [-0.05, 0) is 35.4 Å². The fourth-order valence-corrected chi connectivity index (χ4v) is 2.39.